The van der Waals surface area contributed by atoms with Crippen molar-refractivity contribution in [3.05, 3.63) is 81.9 Å². The van der Waals surface area contributed by atoms with Crippen LogP contribution in [0.5, 0.6) is 0 Å². The van der Waals surface area contributed by atoms with Crippen LogP contribution in [0.2, 0.25) is 9.26 Å². The van der Waals surface area contributed by atoms with Crippen LogP contribution in [0, 0.1) is 11.8 Å². The smallest absolute Gasteiger partial charge is 0.147 e. The van der Waals surface area contributed by atoms with Gasteiger partial charge in [-0.3, -0.25) is 0 Å². The summed E-state index contributed by atoms with van der Waals surface area (Å²) < 4.78 is 6.75. The second-order valence-electron chi connectivity index (χ2n) is 10.7. The maximum absolute atomic E-state index is 3.33. The van der Waals surface area contributed by atoms with Crippen LogP contribution in [0.15, 0.2) is 59.7 Å². The van der Waals surface area contributed by atoms with Crippen LogP contribution in [0.1, 0.15) is 57.2 Å². The Morgan fingerprint density at radius 1 is 0.667 bits per heavy atom. The third-order valence-corrected chi connectivity index (χ3v) is 24.5. The normalized spacial score (nSPS) is 20.2. The summed E-state index contributed by atoms with van der Waals surface area (Å²) in [5.74, 6) is 1.19. The molecule has 0 aliphatic heterocycles. The molecule has 0 heterocycles. The van der Waals surface area contributed by atoms with E-state index in [2.05, 4.69) is 105 Å². The van der Waals surface area contributed by atoms with E-state index in [1.54, 1.807) is 22.3 Å². The molecular formula is C26H36Cl2SiZr. The minimum Gasteiger partial charge on any atom is -0.147 e. The molecule has 2 unspecified atom stereocenters. The Morgan fingerprint density at radius 2 is 1.00 bits per heavy atom. The minimum atomic E-state index is -3.33. The van der Waals surface area contributed by atoms with E-state index in [-0.39, 0.29) is 24.8 Å². The van der Waals surface area contributed by atoms with Gasteiger partial charge in [-0.15, -0.1) is 24.8 Å². The van der Waals surface area contributed by atoms with Gasteiger partial charge in [-0.1, -0.05) is 0 Å². The molecule has 2 aromatic carbocycles. The molecule has 0 aromatic heterocycles. The zero-order valence-electron chi connectivity index (χ0n) is 19.1. The number of halogens is 2. The van der Waals surface area contributed by atoms with Gasteiger partial charge in [-0.25, -0.2) is 0 Å². The summed E-state index contributed by atoms with van der Waals surface area (Å²) in [7, 11) is 0. The van der Waals surface area contributed by atoms with E-state index in [9.17, 15) is 0 Å². The van der Waals surface area contributed by atoms with Crippen LogP contribution >= 0.6 is 24.8 Å². The van der Waals surface area contributed by atoms with E-state index >= 15 is 0 Å². The van der Waals surface area contributed by atoms with Gasteiger partial charge in [0.2, 0.25) is 0 Å². The number of hydrogen-bond donors (Lipinski definition) is 0. The molecule has 162 valence electrons. The summed E-state index contributed by atoms with van der Waals surface area (Å²) in [5, 5.41) is 0. The molecule has 4 rings (SSSR count). The monoisotopic (exact) mass is 536 g/mol. The molecule has 2 aliphatic rings. The fraction of sp³-hybridized carbons (Fsp3) is 0.385. The third kappa shape index (κ3) is 4.03. The van der Waals surface area contributed by atoms with Crippen LogP contribution in [-0.2, 0) is 17.4 Å². The van der Waals surface area contributed by atoms with Crippen LogP contribution < -0.4 is 0 Å². The molecule has 0 saturated carbocycles. The van der Waals surface area contributed by atoms with Crippen molar-refractivity contribution in [1.82, 2.24) is 0 Å². The molecule has 0 spiro atoms. The number of hydrogen-bond acceptors (Lipinski definition) is 0. The molecular weight excluding hydrogens is 503 g/mol. The number of allylic oxidation sites excluding steroid dienone is 2. The summed E-state index contributed by atoms with van der Waals surface area (Å²) in [4.78, 5) is 0. The Hall–Kier alpha value is -0.400. The molecule has 0 N–H and O–H groups in total. The zero-order chi connectivity index (χ0) is 20.3. The second kappa shape index (κ2) is 8.86. The quantitative estimate of drug-likeness (QED) is 0.349. The predicted molar refractivity (Wildman–Crippen MR) is 139 cm³/mol. The Morgan fingerprint density at radius 3 is 1.33 bits per heavy atom. The van der Waals surface area contributed by atoms with Crippen LogP contribution in [-0.4, -0.2) is 6.88 Å². The van der Waals surface area contributed by atoms with Crippen molar-refractivity contribution in [2.75, 3.05) is 0 Å². The Balaban J connectivity index is 0.00000160. The number of fused-ring (bicyclic) bond motifs is 2. The van der Waals surface area contributed by atoms with Gasteiger partial charge in [0.15, 0.2) is 0 Å². The van der Waals surface area contributed by atoms with E-state index in [0.29, 0.717) is 19.1 Å². The number of rotatable bonds is 4. The average Bonchev–Trinajstić information content (AvgIpc) is 3.21. The number of benzene rings is 2. The first-order valence-electron chi connectivity index (χ1n) is 10.8. The zero-order valence-corrected chi connectivity index (χ0v) is 24.6. The van der Waals surface area contributed by atoms with Crippen molar-refractivity contribution in [1.29, 1.82) is 0 Å². The van der Waals surface area contributed by atoms with Crippen LogP contribution in [0.4, 0.5) is 0 Å². The standard InChI is InChI=1S/2C12H13.2CH3.2ClH.H2Si.Zr/c2*1-9(2)12-7-10-5-3-4-6-11(10)8-12;;;;;;/h2*3-9H,1-2H3;2*1H3;2*1H;1H2;. The molecule has 2 atom stereocenters. The molecule has 0 bridgehead atoms. The fourth-order valence-corrected chi connectivity index (χ4v) is 25.9. The molecule has 4 heteroatoms. The van der Waals surface area contributed by atoms with Crippen molar-refractivity contribution in [3.8, 4) is 0 Å². The Labute approximate surface area is 197 Å². The van der Waals surface area contributed by atoms with Gasteiger partial charge in [0, 0.05) is 0 Å². The first-order chi connectivity index (χ1) is 13.1. The molecule has 0 radical (unpaired) electrons. The fourth-order valence-electron chi connectivity index (χ4n) is 5.98. The molecule has 30 heavy (non-hydrogen) atoms. The predicted octanol–water partition coefficient (Wildman–Crippen LogP) is 7.75. The Kier molecular flexibility index (Phi) is 7.63. The van der Waals surface area contributed by atoms with Gasteiger partial charge in [-0.2, -0.15) is 0 Å². The molecule has 2 aliphatic carbocycles. The summed E-state index contributed by atoms with van der Waals surface area (Å²) in [6.45, 7) is 12.0. The van der Waals surface area contributed by atoms with Gasteiger partial charge >= 0.3 is 174 Å². The maximum Gasteiger partial charge on any atom is -0.147 e. The Bertz CT molecular complexity index is 992. The van der Waals surface area contributed by atoms with Crippen molar-refractivity contribution in [2.45, 2.75) is 44.2 Å². The molecule has 0 amide bonds. The third-order valence-electron chi connectivity index (χ3n) is 7.15. The van der Waals surface area contributed by atoms with E-state index in [1.165, 1.54) is 11.1 Å². The van der Waals surface area contributed by atoms with E-state index < -0.39 is 17.4 Å². The van der Waals surface area contributed by atoms with Crippen molar-refractivity contribution in [2.24, 2.45) is 11.8 Å². The van der Waals surface area contributed by atoms with E-state index in [4.69, 9.17) is 0 Å². The molecule has 2 aromatic rings. The SMILES string of the molecule is CC(C)C1=Cc2ccccc2[CH]1[Zr]([CH3])([CH3])(=[SiH2])[CH]1C(C(C)C)=Cc2ccccc21.Cl.Cl. The molecule has 0 fully saturated rings. The second-order valence-corrected chi connectivity index (χ2v) is 41.1. The van der Waals surface area contributed by atoms with Crippen LogP contribution in [0.25, 0.3) is 12.2 Å². The maximum atomic E-state index is 2.74. The van der Waals surface area contributed by atoms with Crippen molar-refractivity contribution < 1.29 is 17.4 Å². The summed E-state index contributed by atoms with van der Waals surface area (Å²) in [5.41, 5.74) is 9.49. The van der Waals surface area contributed by atoms with Crippen molar-refractivity contribution in [3.63, 3.8) is 0 Å². The summed E-state index contributed by atoms with van der Waals surface area (Å²) in [6, 6.07) is 18.4. The summed E-state index contributed by atoms with van der Waals surface area (Å²) >= 11 is -3.33. The average molecular weight is 539 g/mol. The molecule has 0 nitrogen and oxygen atoms in total. The van der Waals surface area contributed by atoms with Gasteiger partial charge in [-0.05, 0) is 0 Å². The van der Waals surface area contributed by atoms with E-state index in [0.717, 1.165) is 0 Å². The topological polar surface area (TPSA) is 0 Å². The summed E-state index contributed by atoms with van der Waals surface area (Å²) in [6.07, 6.45) is 5.05. The molecule has 0 saturated heterocycles. The van der Waals surface area contributed by atoms with Gasteiger partial charge in [0.05, 0.1) is 0 Å². The first-order valence-corrected chi connectivity index (χ1v) is 24.5. The van der Waals surface area contributed by atoms with Crippen molar-refractivity contribution >= 4 is 43.8 Å². The first kappa shape index (κ1) is 25.9. The van der Waals surface area contributed by atoms with Gasteiger partial charge in [0.25, 0.3) is 0 Å². The minimum absolute atomic E-state index is 0. The van der Waals surface area contributed by atoms with E-state index in [1.807, 2.05) is 0 Å². The van der Waals surface area contributed by atoms with Crippen LogP contribution in [0.3, 0.4) is 0 Å². The largest absolute Gasteiger partial charge is 0.147 e. The van der Waals surface area contributed by atoms with Gasteiger partial charge < -0.3 is 0 Å². The van der Waals surface area contributed by atoms with Gasteiger partial charge in [0.1, 0.15) is 0 Å².